The maximum absolute atomic E-state index is 2.57. The molecule has 0 bridgehead atoms. The molecular weight excluding hydrogens is 170 g/mol. The van der Waals surface area contributed by atoms with Gasteiger partial charge < -0.3 is 4.90 Å². The third-order valence-electron chi connectivity index (χ3n) is 3.63. The lowest BCUT2D eigenvalue weighted by molar-refractivity contribution is 0.347. The molecule has 0 aromatic carbocycles. The lowest BCUT2D eigenvalue weighted by Gasteiger charge is -2.20. The summed E-state index contributed by atoms with van der Waals surface area (Å²) in [5, 5.41) is 0. The van der Waals surface area contributed by atoms with Gasteiger partial charge in [0.25, 0.3) is 0 Å². The van der Waals surface area contributed by atoms with Gasteiger partial charge in [-0.15, -0.1) is 0 Å². The van der Waals surface area contributed by atoms with E-state index in [0.717, 1.165) is 11.8 Å². The Labute approximate surface area is 88.2 Å². The van der Waals surface area contributed by atoms with E-state index in [-0.39, 0.29) is 0 Å². The Morgan fingerprint density at radius 1 is 1.50 bits per heavy atom. The van der Waals surface area contributed by atoms with E-state index in [1.807, 2.05) is 0 Å². The molecule has 0 aliphatic heterocycles. The highest BCUT2D eigenvalue weighted by Crippen LogP contribution is 2.47. The van der Waals surface area contributed by atoms with Crippen molar-refractivity contribution in [2.45, 2.75) is 39.0 Å². The van der Waals surface area contributed by atoms with Crippen LogP contribution >= 0.6 is 0 Å². The van der Waals surface area contributed by atoms with Crippen LogP contribution in [0, 0.1) is 11.8 Å². The number of hydrogen-bond donors (Lipinski definition) is 0. The smallest absolute Gasteiger partial charge is 0.0189 e. The number of allylic oxidation sites excluding steroid dienone is 1. The maximum Gasteiger partial charge on any atom is 0.0189 e. The van der Waals surface area contributed by atoms with E-state index in [4.69, 9.17) is 0 Å². The molecule has 0 aromatic rings. The van der Waals surface area contributed by atoms with Gasteiger partial charge in [-0.25, -0.2) is 0 Å². The minimum atomic E-state index is 0.985. The highest BCUT2D eigenvalue weighted by molar-refractivity contribution is 5.17. The Bertz CT molecular complexity index is 219. The zero-order chi connectivity index (χ0) is 9.97. The zero-order valence-corrected chi connectivity index (χ0v) is 9.63. The van der Waals surface area contributed by atoms with Gasteiger partial charge in [-0.3, -0.25) is 0 Å². The first kappa shape index (κ1) is 10.2. The Balaban J connectivity index is 1.73. The quantitative estimate of drug-likeness (QED) is 0.607. The molecule has 2 aliphatic carbocycles. The molecule has 0 spiro atoms. The molecule has 2 rings (SSSR count). The molecular formula is C13H23N. The van der Waals surface area contributed by atoms with E-state index >= 15 is 0 Å². The molecule has 1 heteroatoms. The van der Waals surface area contributed by atoms with Crippen molar-refractivity contribution in [1.82, 2.24) is 4.90 Å². The van der Waals surface area contributed by atoms with E-state index in [1.54, 1.807) is 5.57 Å². The van der Waals surface area contributed by atoms with Crippen LogP contribution in [0.3, 0.4) is 0 Å². The van der Waals surface area contributed by atoms with Gasteiger partial charge in [0.05, 0.1) is 0 Å². The minimum absolute atomic E-state index is 0.985. The minimum Gasteiger partial charge on any atom is -0.302 e. The second-order valence-electron chi connectivity index (χ2n) is 5.11. The van der Waals surface area contributed by atoms with Gasteiger partial charge in [-0.05, 0) is 51.1 Å². The lowest BCUT2D eigenvalue weighted by Crippen LogP contribution is -2.23. The van der Waals surface area contributed by atoms with Gasteiger partial charge in [0.15, 0.2) is 0 Å². The van der Waals surface area contributed by atoms with Crippen LogP contribution < -0.4 is 0 Å². The van der Waals surface area contributed by atoms with Crippen molar-refractivity contribution in [2.24, 2.45) is 11.8 Å². The fourth-order valence-corrected chi connectivity index (χ4v) is 2.55. The summed E-state index contributed by atoms with van der Waals surface area (Å²) in [5.41, 5.74) is 1.71. The maximum atomic E-state index is 2.57. The van der Waals surface area contributed by atoms with Crippen molar-refractivity contribution in [1.29, 1.82) is 0 Å². The first-order valence-electron chi connectivity index (χ1n) is 6.17. The van der Waals surface area contributed by atoms with E-state index in [9.17, 15) is 0 Å². The van der Waals surface area contributed by atoms with E-state index in [2.05, 4.69) is 24.9 Å². The second-order valence-corrected chi connectivity index (χ2v) is 5.11. The summed E-state index contributed by atoms with van der Waals surface area (Å²) in [7, 11) is 2.26. The fraction of sp³-hybridized carbons (Fsp3) is 0.846. The first-order chi connectivity index (χ1) is 6.79. The molecule has 0 radical (unpaired) electrons. The average Bonchev–Trinajstić information content (AvgIpc) is 2.92. The van der Waals surface area contributed by atoms with Gasteiger partial charge in [-0.1, -0.05) is 25.0 Å². The van der Waals surface area contributed by atoms with Crippen molar-refractivity contribution < 1.29 is 0 Å². The van der Waals surface area contributed by atoms with Gasteiger partial charge >= 0.3 is 0 Å². The van der Waals surface area contributed by atoms with Crippen LogP contribution in [-0.2, 0) is 0 Å². The molecule has 14 heavy (non-hydrogen) atoms. The topological polar surface area (TPSA) is 3.24 Å². The second kappa shape index (κ2) is 4.48. The van der Waals surface area contributed by atoms with Crippen LogP contribution in [0.25, 0.3) is 0 Å². The third-order valence-corrected chi connectivity index (χ3v) is 3.63. The zero-order valence-electron chi connectivity index (χ0n) is 9.63. The summed E-state index contributed by atoms with van der Waals surface area (Å²) < 4.78 is 0. The van der Waals surface area contributed by atoms with E-state index < -0.39 is 0 Å². The fourth-order valence-electron chi connectivity index (χ4n) is 2.55. The van der Waals surface area contributed by atoms with Crippen molar-refractivity contribution in [2.75, 3.05) is 20.1 Å². The summed E-state index contributed by atoms with van der Waals surface area (Å²) in [4.78, 5) is 2.48. The molecule has 1 fully saturated rings. The van der Waals surface area contributed by atoms with E-state index in [0.29, 0.717) is 0 Å². The van der Waals surface area contributed by atoms with Crippen LogP contribution in [0.5, 0.6) is 0 Å². The number of rotatable bonds is 5. The number of hydrogen-bond acceptors (Lipinski definition) is 1. The number of fused-ring (bicyclic) bond motifs is 1. The van der Waals surface area contributed by atoms with Gasteiger partial charge in [0.1, 0.15) is 0 Å². The van der Waals surface area contributed by atoms with E-state index in [1.165, 1.54) is 45.2 Å². The Hall–Kier alpha value is -0.300. The van der Waals surface area contributed by atoms with Crippen molar-refractivity contribution >= 4 is 0 Å². The number of unbranched alkanes of at least 4 members (excludes halogenated alkanes) is 1. The van der Waals surface area contributed by atoms with Crippen LogP contribution in [0.2, 0.25) is 0 Å². The van der Waals surface area contributed by atoms with Gasteiger partial charge in [0.2, 0.25) is 0 Å². The van der Waals surface area contributed by atoms with Gasteiger partial charge in [0, 0.05) is 6.54 Å². The highest BCUT2D eigenvalue weighted by Gasteiger charge is 2.37. The molecule has 0 saturated heterocycles. The molecule has 80 valence electrons. The summed E-state index contributed by atoms with van der Waals surface area (Å²) in [6, 6.07) is 0. The average molecular weight is 193 g/mol. The molecule has 0 N–H and O–H groups in total. The van der Waals surface area contributed by atoms with Crippen LogP contribution in [0.1, 0.15) is 39.0 Å². The summed E-state index contributed by atoms with van der Waals surface area (Å²) in [6.45, 7) is 4.76. The first-order valence-corrected chi connectivity index (χ1v) is 6.17. The van der Waals surface area contributed by atoms with Crippen LogP contribution in [0.4, 0.5) is 0 Å². The highest BCUT2D eigenvalue weighted by atomic mass is 15.1. The molecule has 1 nitrogen and oxygen atoms in total. The number of likely N-dealkylation sites (N-methyl/N-ethyl adjacent to an activating group) is 1. The predicted molar refractivity (Wildman–Crippen MR) is 61.3 cm³/mol. The molecule has 0 heterocycles. The monoisotopic (exact) mass is 193 g/mol. The molecule has 0 amide bonds. The van der Waals surface area contributed by atoms with Gasteiger partial charge in [-0.2, -0.15) is 0 Å². The Kier molecular flexibility index (Phi) is 3.27. The summed E-state index contributed by atoms with van der Waals surface area (Å²) in [6.07, 6.45) is 9.55. The predicted octanol–water partition coefficient (Wildman–Crippen LogP) is 3.07. The largest absolute Gasteiger partial charge is 0.302 e. The Morgan fingerprint density at radius 2 is 2.36 bits per heavy atom. The van der Waals surface area contributed by atoms with Crippen LogP contribution in [0.15, 0.2) is 11.6 Å². The molecule has 1 saturated carbocycles. The number of nitrogens with zero attached hydrogens (tertiary/aromatic N) is 1. The SMILES string of the molecule is CCCCN(C)CC1=CC2CC2CC1. The van der Waals surface area contributed by atoms with Crippen molar-refractivity contribution in [3.8, 4) is 0 Å². The van der Waals surface area contributed by atoms with Crippen molar-refractivity contribution in [3.63, 3.8) is 0 Å². The standard InChI is InChI=1S/C13H23N/c1-3-4-7-14(2)10-11-5-6-12-9-13(12)8-11/h8,12-13H,3-7,9-10H2,1-2H3. The molecule has 2 unspecified atom stereocenters. The lowest BCUT2D eigenvalue weighted by atomic mass is 9.99. The normalized spacial score (nSPS) is 30.1. The summed E-state index contributed by atoms with van der Waals surface area (Å²) >= 11 is 0. The summed E-state index contributed by atoms with van der Waals surface area (Å²) in [5.74, 6) is 2.07. The Morgan fingerprint density at radius 3 is 3.07 bits per heavy atom. The third kappa shape index (κ3) is 2.60. The molecule has 2 aliphatic rings. The molecule has 2 atom stereocenters. The molecule has 0 aromatic heterocycles. The van der Waals surface area contributed by atoms with Crippen LogP contribution in [-0.4, -0.2) is 25.0 Å². The van der Waals surface area contributed by atoms with Crippen molar-refractivity contribution in [3.05, 3.63) is 11.6 Å².